The van der Waals surface area contributed by atoms with E-state index in [1.165, 1.54) is 94.6 Å². The highest BCUT2D eigenvalue weighted by molar-refractivity contribution is 5.85. The summed E-state index contributed by atoms with van der Waals surface area (Å²) in [6, 6.07) is 21.8. The average Bonchev–Trinajstić information content (AvgIpc) is 2.82. The Bertz CT molecular complexity index is 630. The maximum absolute atomic E-state index is 6.86. The molecule has 0 saturated carbocycles. The predicted molar refractivity (Wildman–Crippen MR) is 145 cm³/mol. The van der Waals surface area contributed by atoms with Gasteiger partial charge in [0.1, 0.15) is 0 Å². The number of nitrogens with two attached hydrogens (primary N) is 1. The van der Waals surface area contributed by atoms with Gasteiger partial charge in [0.05, 0.1) is 0 Å². The highest BCUT2D eigenvalue weighted by Gasteiger charge is 2.34. The van der Waals surface area contributed by atoms with Gasteiger partial charge < -0.3 is 5.73 Å². The highest BCUT2D eigenvalue weighted by Crippen LogP contribution is 2.36. The third kappa shape index (κ3) is 9.67. The molecule has 1 atom stereocenters. The van der Waals surface area contributed by atoms with Crippen molar-refractivity contribution < 1.29 is 0 Å². The minimum absolute atomic E-state index is 0. The summed E-state index contributed by atoms with van der Waals surface area (Å²) in [5.74, 6) is 0. The van der Waals surface area contributed by atoms with Crippen LogP contribution in [0.25, 0.3) is 0 Å². The molecular formula is C30H48ClN. The van der Waals surface area contributed by atoms with E-state index in [0.29, 0.717) is 0 Å². The van der Waals surface area contributed by atoms with Crippen molar-refractivity contribution in [1.82, 2.24) is 0 Å². The SMILES string of the molecule is CCCCCCCCCCCCCCCC(N)C(C)(c1ccccc1)c1ccccc1.Cl. The van der Waals surface area contributed by atoms with Crippen molar-refractivity contribution >= 4 is 12.4 Å². The predicted octanol–water partition coefficient (Wildman–Crippen LogP) is 9.22. The summed E-state index contributed by atoms with van der Waals surface area (Å²) in [5.41, 5.74) is 9.36. The fraction of sp³-hybridized carbons (Fsp3) is 0.600. The standard InChI is InChI=1S/C30H47N.ClH/c1-3-4-5-6-7-8-9-10-11-12-13-14-21-26-29(31)30(2,27-22-17-15-18-23-27)28-24-19-16-20-25-28;/h15-20,22-25,29H,3-14,21,26,31H2,1-2H3;1H. The maximum Gasteiger partial charge on any atom is 0.0325 e. The zero-order valence-electron chi connectivity index (χ0n) is 20.7. The summed E-state index contributed by atoms with van der Waals surface area (Å²) in [6.07, 6.45) is 19.2. The van der Waals surface area contributed by atoms with Gasteiger partial charge in [0, 0.05) is 11.5 Å². The Labute approximate surface area is 205 Å². The molecule has 2 rings (SSSR count). The normalized spacial score (nSPS) is 12.3. The third-order valence-electron chi connectivity index (χ3n) is 7.11. The van der Waals surface area contributed by atoms with E-state index < -0.39 is 0 Å². The molecule has 2 N–H and O–H groups in total. The number of unbranched alkanes of at least 4 members (excludes halogenated alkanes) is 12. The van der Waals surface area contributed by atoms with E-state index in [1.807, 2.05) is 0 Å². The van der Waals surface area contributed by atoms with Gasteiger partial charge in [0.25, 0.3) is 0 Å². The molecule has 2 heteroatoms. The van der Waals surface area contributed by atoms with Crippen LogP contribution in [0.15, 0.2) is 60.7 Å². The van der Waals surface area contributed by atoms with Crippen LogP contribution in [0.4, 0.5) is 0 Å². The van der Waals surface area contributed by atoms with Gasteiger partial charge in [0.15, 0.2) is 0 Å². The van der Waals surface area contributed by atoms with Gasteiger partial charge in [-0.25, -0.2) is 0 Å². The zero-order chi connectivity index (χ0) is 22.2. The largest absolute Gasteiger partial charge is 0.327 e. The molecule has 0 aliphatic heterocycles. The first kappa shape index (κ1) is 28.7. The fourth-order valence-corrected chi connectivity index (χ4v) is 4.83. The van der Waals surface area contributed by atoms with Crippen molar-refractivity contribution in [3.8, 4) is 0 Å². The topological polar surface area (TPSA) is 26.0 Å². The van der Waals surface area contributed by atoms with Gasteiger partial charge in [-0.2, -0.15) is 0 Å². The Balaban J connectivity index is 0.00000512. The Kier molecular flexibility index (Phi) is 15.4. The Morgan fingerprint density at radius 3 is 1.31 bits per heavy atom. The van der Waals surface area contributed by atoms with Crippen LogP contribution in [-0.2, 0) is 5.41 Å². The molecule has 0 amide bonds. The number of hydrogen-bond acceptors (Lipinski definition) is 1. The summed E-state index contributed by atoms with van der Waals surface area (Å²) in [7, 11) is 0. The van der Waals surface area contributed by atoms with E-state index in [0.717, 1.165) is 6.42 Å². The third-order valence-corrected chi connectivity index (χ3v) is 7.11. The van der Waals surface area contributed by atoms with E-state index in [9.17, 15) is 0 Å². The van der Waals surface area contributed by atoms with Crippen molar-refractivity contribution in [2.45, 2.75) is 115 Å². The van der Waals surface area contributed by atoms with Crippen LogP contribution in [0.2, 0.25) is 0 Å². The molecule has 1 unspecified atom stereocenters. The summed E-state index contributed by atoms with van der Waals surface area (Å²) < 4.78 is 0. The lowest BCUT2D eigenvalue weighted by molar-refractivity contribution is 0.401. The van der Waals surface area contributed by atoms with Crippen LogP contribution in [0.1, 0.15) is 115 Å². The summed E-state index contributed by atoms with van der Waals surface area (Å²) in [4.78, 5) is 0. The Morgan fingerprint density at radius 2 is 0.938 bits per heavy atom. The molecule has 0 aromatic heterocycles. The monoisotopic (exact) mass is 457 g/mol. The first-order valence-electron chi connectivity index (χ1n) is 13.1. The van der Waals surface area contributed by atoms with Crippen LogP contribution >= 0.6 is 12.4 Å². The van der Waals surface area contributed by atoms with Crippen LogP contribution in [0.5, 0.6) is 0 Å². The lowest BCUT2D eigenvalue weighted by atomic mass is 9.69. The van der Waals surface area contributed by atoms with Crippen LogP contribution < -0.4 is 5.73 Å². The van der Waals surface area contributed by atoms with E-state index in [1.54, 1.807) is 0 Å². The summed E-state index contributed by atoms with van der Waals surface area (Å²) >= 11 is 0. The molecule has 0 spiro atoms. The summed E-state index contributed by atoms with van der Waals surface area (Å²) in [6.45, 7) is 4.61. The van der Waals surface area contributed by atoms with Gasteiger partial charge in [-0.3, -0.25) is 0 Å². The van der Waals surface area contributed by atoms with Gasteiger partial charge in [-0.1, -0.05) is 151 Å². The van der Waals surface area contributed by atoms with Crippen molar-refractivity contribution in [3.05, 3.63) is 71.8 Å². The lowest BCUT2D eigenvalue weighted by Crippen LogP contribution is -2.44. The van der Waals surface area contributed by atoms with E-state index >= 15 is 0 Å². The first-order valence-corrected chi connectivity index (χ1v) is 13.1. The fourth-order valence-electron chi connectivity index (χ4n) is 4.83. The quantitative estimate of drug-likeness (QED) is 0.235. The molecular weight excluding hydrogens is 410 g/mol. The average molecular weight is 458 g/mol. The van der Waals surface area contributed by atoms with Crippen molar-refractivity contribution in [3.63, 3.8) is 0 Å². The second-order valence-corrected chi connectivity index (χ2v) is 9.57. The second-order valence-electron chi connectivity index (χ2n) is 9.57. The van der Waals surface area contributed by atoms with Crippen LogP contribution in [0, 0.1) is 0 Å². The molecule has 0 saturated heterocycles. The van der Waals surface area contributed by atoms with Crippen LogP contribution in [0.3, 0.4) is 0 Å². The number of rotatable bonds is 17. The Hall–Kier alpha value is -1.31. The molecule has 32 heavy (non-hydrogen) atoms. The second kappa shape index (κ2) is 17.2. The molecule has 0 bridgehead atoms. The van der Waals surface area contributed by atoms with Crippen molar-refractivity contribution in [2.75, 3.05) is 0 Å². The minimum Gasteiger partial charge on any atom is -0.327 e. The Morgan fingerprint density at radius 1 is 0.594 bits per heavy atom. The maximum atomic E-state index is 6.86. The van der Waals surface area contributed by atoms with E-state index in [2.05, 4.69) is 74.5 Å². The number of halogens is 1. The summed E-state index contributed by atoms with van der Waals surface area (Å²) in [5, 5.41) is 0. The number of hydrogen-bond donors (Lipinski definition) is 1. The van der Waals surface area contributed by atoms with Gasteiger partial charge in [0.2, 0.25) is 0 Å². The highest BCUT2D eigenvalue weighted by atomic mass is 35.5. The molecule has 2 aromatic rings. The molecule has 0 heterocycles. The van der Waals surface area contributed by atoms with Crippen molar-refractivity contribution in [2.24, 2.45) is 5.73 Å². The van der Waals surface area contributed by atoms with Crippen LogP contribution in [-0.4, -0.2) is 6.04 Å². The van der Waals surface area contributed by atoms with Crippen molar-refractivity contribution in [1.29, 1.82) is 0 Å². The number of benzene rings is 2. The lowest BCUT2D eigenvalue weighted by Gasteiger charge is -2.37. The molecule has 0 fully saturated rings. The van der Waals surface area contributed by atoms with Gasteiger partial charge >= 0.3 is 0 Å². The van der Waals surface area contributed by atoms with Gasteiger partial charge in [-0.05, 0) is 24.5 Å². The molecule has 2 aromatic carbocycles. The first-order chi connectivity index (χ1) is 15.2. The molecule has 0 aliphatic carbocycles. The minimum atomic E-state index is -0.139. The van der Waals surface area contributed by atoms with Gasteiger partial charge in [-0.15, -0.1) is 12.4 Å². The zero-order valence-corrected chi connectivity index (χ0v) is 21.6. The smallest absolute Gasteiger partial charge is 0.0325 e. The molecule has 180 valence electrons. The molecule has 0 radical (unpaired) electrons. The molecule has 0 aliphatic rings. The van der Waals surface area contributed by atoms with E-state index in [4.69, 9.17) is 5.73 Å². The molecule has 1 nitrogen and oxygen atoms in total. The van der Waals surface area contributed by atoms with E-state index in [-0.39, 0.29) is 23.9 Å².